The number of hydrogen-bond acceptors (Lipinski definition) is 1. The minimum atomic E-state index is -0.126. The zero-order chi connectivity index (χ0) is 12.0. The summed E-state index contributed by atoms with van der Waals surface area (Å²) in [5, 5.41) is 0. The number of aryl methyl sites for hydroxylation is 1. The van der Waals surface area contributed by atoms with Crippen LogP contribution in [0.4, 0.5) is 4.39 Å². The van der Waals surface area contributed by atoms with Crippen molar-refractivity contribution in [3.05, 3.63) is 34.1 Å². The van der Waals surface area contributed by atoms with E-state index < -0.39 is 0 Å². The number of halogens is 2. The largest absolute Gasteiger partial charge is 0.328 e. The summed E-state index contributed by atoms with van der Waals surface area (Å²) in [6, 6.07) is 5.50. The van der Waals surface area contributed by atoms with E-state index in [1.165, 1.54) is 6.07 Å². The van der Waals surface area contributed by atoms with Crippen LogP contribution in [0, 0.1) is 5.82 Å². The monoisotopic (exact) mass is 287 g/mol. The molecule has 0 spiro atoms. The minimum absolute atomic E-state index is 0.126. The van der Waals surface area contributed by atoms with Crippen molar-refractivity contribution in [3.8, 4) is 0 Å². The number of benzene rings is 1. The summed E-state index contributed by atoms with van der Waals surface area (Å²) in [6.45, 7) is 2.13. The molecular formula is C13H19BrFN. The lowest BCUT2D eigenvalue weighted by Gasteiger charge is -2.10. The topological polar surface area (TPSA) is 26.0 Å². The van der Waals surface area contributed by atoms with Crippen molar-refractivity contribution in [3.63, 3.8) is 0 Å². The second-order valence-corrected chi connectivity index (χ2v) is 5.09. The van der Waals surface area contributed by atoms with Gasteiger partial charge in [0.25, 0.3) is 0 Å². The zero-order valence-electron chi connectivity index (χ0n) is 9.68. The van der Waals surface area contributed by atoms with Gasteiger partial charge in [-0.25, -0.2) is 4.39 Å². The maximum atomic E-state index is 13.5. The molecule has 1 aromatic carbocycles. The fourth-order valence-corrected chi connectivity index (χ4v) is 2.13. The summed E-state index contributed by atoms with van der Waals surface area (Å²) in [4.78, 5) is 0. The third kappa shape index (κ3) is 4.62. The summed E-state index contributed by atoms with van der Waals surface area (Å²) in [5.74, 6) is -0.126. The van der Waals surface area contributed by atoms with Crippen molar-refractivity contribution in [2.45, 2.75) is 45.1 Å². The Morgan fingerprint density at radius 3 is 2.75 bits per heavy atom. The molecule has 1 nitrogen and oxygen atoms in total. The van der Waals surface area contributed by atoms with E-state index in [4.69, 9.17) is 5.73 Å². The van der Waals surface area contributed by atoms with Crippen molar-refractivity contribution >= 4 is 15.9 Å². The molecule has 0 saturated carbocycles. The Bertz CT molecular complexity index is 328. The second-order valence-electron chi connectivity index (χ2n) is 4.18. The Morgan fingerprint density at radius 1 is 1.38 bits per heavy atom. The van der Waals surface area contributed by atoms with Crippen LogP contribution in [0.3, 0.4) is 0 Å². The highest BCUT2D eigenvalue weighted by molar-refractivity contribution is 9.10. The van der Waals surface area contributed by atoms with Crippen LogP contribution in [-0.4, -0.2) is 6.04 Å². The van der Waals surface area contributed by atoms with Crippen LogP contribution in [0.1, 0.15) is 38.2 Å². The highest BCUT2D eigenvalue weighted by atomic mass is 79.9. The number of rotatable bonds is 6. The number of hydrogen-bond donors (Lipinski definition) is 1. The lowest BCUT2D eigenvalue weighted by Crippen LogP contribution is -2.19. The molecular weight excluding hydrogens is 269 g/mol. The van der Waals surface area contributed by atoms with Gasteiger partial charge in [-0.3, -0.25) is 0 Å². The normalized spacial score (nSPS) is 12.8. The van der Waals surface area contributed by atoms with Crippen molar-refractivity contribution in [1.82, 2.24) is 0 Å². The van der Waals surface area contributed by atoms with Crippen molar-refractivity contribution in [2.24, 2.45) is 5.73 Å². The molecule has 0 amide bonds. The van der Waals surface area contributed by atoms with Crippen LogP contribution in [-0.2, 0) is 6.42 Å². The van der Waals surface area contributed by atoms with E-state index in [0.29, 0.717) is 0 Å². The molecule has 1 atom stereocenters. The second kappa shape index (κ2) is 7.02. The van der Waals surface area contributed by atoms with Crippen molar-refractivity contribution in [1.29, 1.82) is 0 Å². The molecule has 0 aliphatic heterocycles. The van der Waals surface area contributed by atoms with E-state index in [-0.39, 0.29) is 11.9 Å². The van der Waals surface area contributed by atoms with Crippen LogP contribution < -0.4 is 5.73 Å². The van der Waals surface area contributed by atoms with E-state index in [0.717, 1.165) is 42.1 Å². The predicted molar refractivity (Wildman–Crippen MR) is 69.9 cm³/mol. The predicted octanol–water partition coefficient (Wildman–Crippen LogP) is 4.04. The molecule has 2 N–H and O–H groups in total. The van der Waals surface area contributed by atoms with E-state index in [1.807, 2.05) is 12.1 Å². The Morgan fingerprint density at radius 2 is 2.12 bits per heavy atom. The summed E-state index contributed by atoms with van der Waals surface area (Å²) >= 11 is 3.25. The van der Waals surface area contributed by atoms with E-state index in [1.54, 1.807) is 0 Å². The molecule has 0 radical (unpaired) electrons. The Kier molecular flexibility index (Phi) is 5.99. The quantitative estimate of drug-likeness (QED) is 0.840. The highest BCUT2D eigenvalue weighted by Crippen LogP contribution is 2.17. The Balaban J connectivity index is 2.37. The smallest absolute Gasteiger partial charge is 0.127 e. The fraction of sp³-hybridized carbons (Fsp3) is 0.538. The van der Waals surface area contributed by atoms with Gasteiger partial charge in [0, 0.05) is 10.5 Å². The maximum Gasteiger partial charge on any atom is 0.127 e. The molecule has 3 heteroatoms. The molecule has 1 unspecified atom stereocenters. The van der Waals surface area contributed by atoms with Gasteiger partial charge in [0.1, 0.15) is 5.82 Å². The van der Waals surface area contributed by atoms with Crippen LogP contribution in [0.25, 0.3) is 0 Å². The average Bonchev–Trinajstić information content (AvgIpc) is 2.22. The molecule has 0 aromatic heterocycles. The van der Waals surface area contributed by atoms with Gasteiger partial charge < -0.3 is 5.73 Å². The minimum Gasteiger partial charge on any atom is -0.328 e. The SMILES string of the molecule is CCCC(N)CCCc1ccc(Br)cc1F. The average molecular weight is 288 g/mol. The molecule has 16 heavy (non-hydrogen) atoms. The van der Waals surface area contributed by atoms with Crippen LogP contribution >= 0.6 is 15.9 Å². The first-order valence-electron chi connectivity index (χ1n) is 5.83. The first-order chi connectivity index (χ1) is 7.63. The third-order valence-electron chi connectivity index (χ3n) is 2.70. The maximum absolute atomic E-state index is 13.5. The highest BCUT2D eigenvalue weighted by Gasteiger charge is 2.05. The lowest BCUT2D eigenvalue weighted by atomic mass is 10.0. The van der Waals surface area contributed by atoms with Gasteiger partial charge in [0.2, 0.25) is 0 Å². The fourth-order valence-electron chi connectivity index (χ4n) is 1.79. The summed E-state index contributed by atoms with van der Waals surface area (Å²) in [5.41, 5.74) is 6.69. The Labute approximate surface area is 105 Å². The molecule has 0 saturated heterocycles. The summed E-state index contributed by atoms with van der Waals surface area (Å²) in [6.07, 6.45) is 4.89. The van der Waals surface area contributed by atoms with Gasteiger partial charge in [-0.15, -0.1) is 0 Å². The summed E-state index contributed by atoms with van der Waals surface area (Å²) < 4.78 is 14.3. The van der Waals surface area contributed by atoms with Crippen LogP contribution in [0.2, 0.25) is 0 Å². The van der Waals surface area contributed by atoms with Crippen molar-refractivity contribution < 1.29 is 4.39 Å². The van der Waals surface area contributed by atoms with Crippen LogP contribution in [0.5, 0.6) is 0 Å². The van der Waals surface area contributed by atoms with E-state index >= 15 is 0 Å². The van der Waals surface area contributed by atoms with Gasteiger partial charge in [0.05, 0.1) is 0 Å². The molecule has 0 aliphatic carbocycles. The van der Waals surface area contributed by atoms with Gasteiger partial charge in [-0.05, 0) is 43.4 Å². The molecule has 0 heterocycles. The first kappa shape index (κ1) is 13.7. The standard InChI is InChI=1S/C13H19BrFN/c1-2-4-12(16)6-3-5-10-7-8-11(14)9-13(10)15/h7-9,12H,2-6,16H2,1H3. The third-order valence-corrected chi connectivity index (χ3v) is 3.19. The lowest BCUT2D eigenvalue weighted by molar-refractivity contribution is 0.531. The van der Waals surface area contributed by atoms with Gasteiger partial charge >= 0.3 is 0 Å². The molecule has 1 rings (SSSR count). The molecule has 90 valence electrons. The van der Waals surface area contributed by atoms with Gasteiger partial charge in [0.15, 0.2) is 0 Å². The molecule has 0 fully saturated rings. The van der Waals surface area contributed by atoms with E-state index in [2.05, 4.69) is 22.9 Å². The Hall–Kier alpha value is -0.410. The molecule has 0 aliphatic rings. The molecule has 0 bridgehead atoms. The van der Waals surface area contributed by atoms with Gasteiger partial charge in [-0.2, -0.15) is 0 Å². The van der Waals surface area contributed by atoms with Crippen LogP contribution in [0.15, 0.2) is 22.7 Å². The zero-order valence-corrected chi connectivity index (χ0v) is 11.3. The molecule has 1 aromatic rings. The van der Waals surface area contributed by atoms with Gasteiger partial charge in [-0.1, -0.05) is 35.3 Å². The summed E-state index contributed by atoms with van der Waals surface area (Å²) in [7, 11) is 0. The van der Waals surface area contributed by atoms with Crippen molar-refractivity contribution in [2.75, 3.05) is 0 Å². The number of nitrogens with two attached hydrogens (primary N) is 1. The first-order valence-corrected chi connectivity index (χ1v) is 6.62. The van der Waals surface area contributed by atoms with E-state index in [9.17, 15) is 4.39 Å².